The van der Waals surface area contributed by atoms with Crippen LogP contribution in [0.3, 0.4) is 0 Å². The van der Waals surface area contributed by atoms with Crippen molar-refractivity contribution < 1.29 is 14.5 Å². The van der Waals surface area contributed by atoms with Gasteiger partial charge >= 0.3 is 11.7 Å². The van der Waals surface area contributed by atoms with Gasteiger partial charge in [0.05, 0.1) is 17.1 Å². The average Bonchev–Trinajstić information content (AvgIpc) is 2.44. The van der Waals surface area contributed by atoms with E-state index in [1.807, 2.05) is 0 Å². The number of anilines is 1. The minimum atomic E-state index is -0.628. The Morgan fingerprint density at radius 2 is 2.30 bits per heavy atom. The lowest BCUT2D eigenvalue weighted by Gasteiger charge is -2.20. The fraction of sp³-hybridized carbons (Fsp3) is 0.417. The van der Waals surface area contributed by atoms with E-state index >= 15 is 0 Å². The largest absolute Gasteiger partial charge is 0.465 e. The second-order valence-corrected chi connectivity index (χ2v) is 3.75. The van der Waals surface area contributed by atoms with E-state index in [1.165, 1.54) is 11.1 Å². The SMILES string of the molecule is CCOC(=O)CN(CC)c1ncc(C#N)cc1[N+](=O)[O-]. The molecular formula is C12H14N4O4. The summed E-state index contributed by atoms with van der Waals surface area (Å²) >= 11 is 0. The summed E-state index contributed by atoms with van der Waals surface area (Å²) in [4.78, 5) is 27.2. The minimum absolute atomic E-state index is 0.0459. The normalized spacial score (nSPS) is 9.65. The van der Waals surface area contributed by atoms with Crippen LogP contribution >= 0.6 is 0 Å². The number of aromatic nitrogens is 1. The number of likely N-dealkylation sites (N-methyl/N-ethyl adjacent to an activating group) is 1. The van der Waals surface area contributed by atoms with Crippen LogP contribution in [0.2, 0.25) is 0 Å². The Hall–Kier alpha value is -2.69. The fourth-order valence-electron chi connectivity index (χ4n) is 1.58. The van der Waals surface area contributed by atoms with Crippen molar-refractivity contribution in [2.45, 2.75) is 13.8 Å². The highest BCUT2D eigenvalue weighted by molar-refractivity contribution is 5.76. The molecule has 0 radical (unpaired) electrons. The van der Waals surface area contributed by atoms with Crippen LogP contribution < -0.4 is 4.90 Å². The third-order valence-corrected chi connectivity index (χ3v) is 2.48. The summed E-state index contributed by atoms with van der Waals surface area (Å²) in [5, 5.41) is 19.8. The highest BCUT2D eigenvalue weighted by Gasteiger charge is 2.23. The zero-order valence-corrected chi connectivity index (χ0v) is 11.2. The number of hydrogen-bond donors (Lipinski definition) is 0. The zero-order valence-electron chi connectivity index (χ0n) is 11.2. The van der Waals surface area contributed by atoms with E-state index in [4.69, 9.17) is 10.00 Å². The van der Waals surface area contributed by atoms with Gasteiger partial charge in [0.1, 0.15) is 12.6 Å². The Morgan fingerprint density at radius 3 is 2.80 bits per heavy atom. The van der Waals surface area contributed by atoms with Crippen LogP contribution in [-0.4, -0.2) is 35.6 Å². The molecule has 0 fully saturated rings. The van der Waals surface area contributed by atoms with E-state index in [1.54, 1.807) is 19.9 Å². The lowest BCUT2D eigenvalue weighted by atomic mass is 10.2. The molecule has 0 N–H and O–H groups in total. The number of rotatable bonds is 6. The van der Waals surface area contributed by atoms with Crippen molar-refractivity contribution in [3.05, 3.63) is 27.9 Å². The molecule has 0 aromatic carbocycles. The first-order valence-corrected chi connectivity index (χ1v) is 5.98. The second kappa shape index (κ2) is 7.04. The molecule has 0 aliphatic heterocycles. The molecule has 0 amide bonds. The first-order valence-electron chi connectivity index (χ1n) is 5.98. The Bertz CT molecular complexity index is 553. The zero-order chi connectivity index (χ0) is 15.1. The van der Waals surface area contributed by atoms with Crippen molar-refractivity contribution >= 4 is 17.5 Å². The molecule has 1 aromatic heterocycles. The van der Waals surface area contributed by atoms with Crippen LogP contribution in [0.1, 0.15) is 19.4 Å². The summed E-state index contributed by atoms with van der Waals surface area (Å²) in [5.74, 6) is -0.445. The van der Waals surface area contributed by atoms with Gasteiger partial charge in [-0.2, -0.15) is 5.26 Å². The van der Waals surface area contributed by atoms with E-state index in [9.17, 15) is 14.9 Å². The summed E-state index contributed by atoms with van der Waals surface area (Å²) in [6, 6.07) is 2.93. The van der Waals surface area contributed by atoms with E-state index in [0.29, 0.717) is 6.54 Å². The maximum absolute atomic E-state index is 11.5. The number of hydrogen-bond acceptors (Lipinski definition) is 7. The molecule has 0 unspecified atom stereocenters. The lowest BCUT2D eigenvalue weighted by molar-refractivity contribution is -0.384. The summed E-state index contributed by atoms with van der Waals surface area (Å²) < 4.78 is 4.81. The van der Waals surface area contributed by atoms with E-state index in [0.717, 1.165) is 6.07 Å². The van der Waals surface area contributed by atoms with Gasteiger partial charge in [-0.15, -0.1) is 0 Å². The van der Waals surface area contributed by atoms with Gasteiger partial charge in [0.15, 0.2) is 0 Å². The molecule has 20 heavy (non-hydrogen) atoms. The molecule has 1 aromatic rings. The van der Waals surface area contributed by atoms with Gasteiger partial charge in [0, 0.05) is 18.8 Å². The average molecular weight is 278 g/mol. The second-order valence-electron chi connectivity index (χ2n) is 3.75. The Labute approximate surface area is 115 Å². The lowest BCUT2D eigenvalue weighted by Crippen LogP contribution is -2.32. The van der Waals surface area contributed by atoms with Gasteiger partial charge in [-0.05, 0) is 13.8 Å². The predicted molar refractivity (Wildman–Crippen MR) is 70.1 cm³/mol. The first kappa shape index (κ1) is 15.4. The third kappa shape index (κ3) is 3.65. The quantitative estimate of drug-likeness (QED) is 0.437. The Balaban J connectivity index is 3.12. The van der Waals surface area contributed by atoms with Crippen LogP contribution in [0.15, 0.2) is 12.3 Å². The number of nitro groups is 1. The highest BCUT2D eigenvalue weighted by atomic mass is 16.6. The number of nitriles is 1. The van der Waals surface area contributed by atoms with Gasteiger partial charge in [0.2, 0.25) is 5.82 Å². The van der Waals surface area contributed by atoms with Gasteiger partial charge in [0.25, 0.3) is 0 Å². The van der Waals surface area contributed by atoms with Gasteiger partial charge < -0.3 is 9.64 Å². The maximum atomic E-state index is 11.5. The number of pyridine rings is 1. The first-order chi connectivity index (χ1) is 9.53. The summed E-state index contributed by atoms with van der Waals surface area (Å²) in [6.07, 6.45) is 1.23. The molecule has 1 heterocycles. The maximum Gasteiger partial charge on any atom is 0.325 e. The van der Waals surface area contributed by atoms with Crippen molar-refractivity contribution in [1.29, 1.82) is 5.26 Å². The molecular weight excluding hydrogens is 264 g/mol. The Kier molecular flexibility index (Phi) is 5.41. The van der Waals surface area contributed by atoms with Gasteiger partial charge in [-0.1, -0.05) is 0 Å². The number of ether oxygens (including phenoxy) is 1. The van der Waals surface area contributed by atoms with Crippen molar-refractivity contribution in [2.75, 3.05) is 24.6 Å². The van der Waals surface area contributed by atoms with E-state index < -0.39 is 10.9 Å². The van der Waals surface area contributed by atoms with Crippen molar-refractivity contribution in [2.24, 2.45) is 0 Å². The molecule has 1 rings (SSSR count). The van der Waals surface area contributed by atoms with Gasteiger partial charge in [-0.3, -0.25) is 14.9 Å². The molecule has 0 spiro atoms. The van der Waals surface area contributed by atoms with Crippen LogP contribution in [-0.2, 0) is 9.53 Å². The third-order valence-electron chi connectivity index (χ3n) is 2.48. The summed E-state index contributed by atoms with van der Waals surface area (Å²) in [7, 11) is 0. The smallest absolute Gasteiger partial charge is 0.325 e. The van der Waals surface area contributed by atoms with Crippen LogP contribution in [0.5, 0.6) is 0 Å². The highest BCUT2D eigenvalue weighted by Crippen LogP contribution is 2.26. The number of carbonyl (C=O) groups is 1. The van der Waals surface area contributed by atoms with Gasteiger partial charge in [-0.25, -0.2) is 4.98 Å². The van der Waals surface area contributed by atoms with Crippen molar-refractivity contribution in [1.82, 2.24) is 4.98 Å². The molecule has 106 valence electrons. The molecule has 0 bridgehead atoms. The number of nitrogens with zero attached hydrogens (tertiary/aromatic N) is 4. The summed E-state index contributed by atoms with van der Waals surface area (Å²) in [5.41, 5.74) is -0.220. The van der Waals surface area contributed by atoms with Crippen LogP contribution in [0.4, 0.5) is 11.5 Å². The predicted octanol–water partition coefficient (Wildman–Crippen LogP) is 1.25. The number of esters is 1. The number of carbonyl (C=O) groups excluding carboxylic acids is 1. The van der Waals surface area contributed by atoms with Crippen molar-refractivity contribution in [3.63, 3.8) is 0 Å². The van der Waals surface area contributed by atoms with Crippen LogP contribution in [0, 0.1) is 21.4 Å². The monoisotopic (exact) mass is 278 g/mol. The molecule has 0 aliphatic carbocycles. The topological polar surface area (TPSA) is 109 Å². The Morgan fingerprint density at radius 1 is 1.60 bits per heavy atom. The molecule has 8 heteroatoms. The summed E-state index contributed by atoms with van der Waals surface area (Å²) in [6.45, 7) is 3.86. The van der Waals surface area contributed by atoms with Crippen molar-refractivity contribution in [3.8, 4) is 6.07 Å². The molecule has 8 nitrogen and oxygen atoms in total. The molecule has 0 aliphatic rings. The fourth-order valence-corrected chi connectivity index (χ4v) is 1.58. The standard InChI is InChI=1S/C12H14N4O4/c1-3-15(8-11(17)20-4-2)12-10(16(18)19)5-9(6-13)7-14-12/h5,7H,3-4,8H2,1-2H3. The van der Waals surface area contributed by atoms with E-state index in [-0.39, 0.29) is 30.2 Å². The van der Waals surface area contributed by atoms with E-state index in [2.05, 4.69) is 4.98 Å². The minimum Gasteiger partial charge on any atom is -0.465 e. The van der Waals surface area contributed by atoms with Crippen LogP contribution in [0.25, 0.3) is 0 Å². The molecule has 0 atom stereocenters. The molecule has 0 saturated heterocycles. The molecule has 0 saturated carbocycles.